The first-order valence-electron chi connectivity index (χ1n) is 6.78. The molecule has 0 bridgehead atoms. The van der Waals surface area contributed by atoms with Crippen LogP contribution in [-0.2, 0) is 16.1 Å². The predicted octanol–water partition coefficient (Wildman–Crippen LogP) is 1.28. The molecule has 1 fully saturated rings. The van der Waals surface area contributed by atoms with E-state index in [2.05, 4.69) is 29.5 Å². The van der Waals surface area contributed by atoms with Crippen molar-refractivity contribution in [3.8, 4) is 0 Å². The fraction of sp³-hybridized carbons (Fsp3) is 0.692. The van der Waals surface area contributed by atoms with Crippen molar-refractivity contribution in [3.05, 3.63) is 12.4 Å². The number of hydrogen-bond acceptors (Lipinski definition) is 4. The quantitative estimate of drug-likeness (QED) is 0.860. The first-order valence-corrected chi connectivity index (χ1v) is 6.78. The van der Waals surface area contributed by atoms with Gasteiger partial charge < -0.3 is 14.6 Å². The maximum absolute atomic E-state index is 11.9. The molecule has 1 aromatic heterocycles. The zero-order valence-corrected chi connectivity index (χ0v) is 12.8. The number of rotatable bonds is 5. The first kappa shape index (κ1) is 16.9. The van der Waals surface area contributed by atoms with E-state index in [1.54, 1.807) is 6.20 Å². The number of aromatic nitrogens is 2. The molecule has 7 heteroatoms. The van der Waals surface area contributed by atoms with Crippen LogP contribution in [0.15, 0.2) is 12.4 Å². The van der Waals surface area contributed by atoms with Crippen molar-refractivity contribution in [3.63, 3.8) is 0 Å². The third-order valence-corrected chi connectivity index (χ3v) is 2.95. The van der Waals surface area contributed by atoms with Gasteiger partial charge in [0.2, 0.25) is 11.9 Å². The normalized spacial score (nSPS) is 18.6. The van der Waals surface area contributed by atoms with Crippen molar-refractivity contribution in [1.29, 1.82) is 0 Å². The lowest BCUT2D eigenvalue weighted by Gasteiger charge is -2.23. The zero-order valence-electron chi connectivity index (χ0n) is 12.0. The molecule has 1 unspecified atom stereocenters. The van der Waals surface area contributed by atoms with Gasteiger partial charge in [0.1, 0.15) is 0 Å². The van der Waals surface area contributed by atoms with Gasteiger partial charge in [-0.05, 0) is 5.92 Å². The summed E-state index contributed by atoms with van der Waals surface area (Å²) < 4.78 is 7.47. The number of carbonyl (C=O) groups is 1. The molecule has 6 nitrogen and oxygen atoms in total. The molecule has 1 saturated heterocycles. The number of nitrogens with zero attached hydrogens (tertiary/aromatic N) is 2. The fourth-order valence-corrected chi connectivity index (χ4v) is 2.11. The van der Waals surface area contributed by atoms with E-state index < -0.39 is 0 Å². The van der Waals surface area contributed by atoms with Crippen molar-refractivity contribution >= 4 is 24.3 Å². The molecular weight excluding hydrogens is 280 g/mol. The standard InChI is InChI=1S/C13H22N4O2.ClH/c1-10(2)9-17-5-3-15-13(17)16-12(18)7-11-8-14-4-6-19-11;/h3,5,10-11,14H,4,6-9H2,1-2H3,(H,15,16,18);1H. The predicted molar refractivity (Wildman–Crippen MR) is 80.2 cm³/mol. The van der Waals surface area contributed by atoms with Gasteiger partial charge in [-0.15, -0.1) is 12.4 Å². The summed E-state index contributed by atoms with van der Waals surface area (Å²) in [7, 11) is 0. The monoisotopic (exact) mass is 302 g/mol. The highest BCUT2D eigenvalue weighted by atomic mass is 35.5. The van der Waals surface area contributed by atoms with Crippen LogP contribution in [0, 0.1) is 5.92 Å². The summed E-state index contributed by atoms with van der Waals surface area (Å²) in [6.45, 7) is 7.36. The highest BCUT2D eigenvalue weighted by Crippen LogP contribution is 2.10. The molecule has 2 heterocycles. The van der Waals surface area contributed by atoms with Crippen LogP contribution in [0.5, 0.6) is 0 Å². The number of halogens is 1. The lowest BCUT2D eigenvalue weighted by atomic mass is 10.2. The molecular formula is C13H23ClN4O2. The summed E-state index contributed by atoms with van der Waals surface area (Å²) in [5.74, 6) is 1.07. The van der Waals surface area contributed by atoms with Crippen LogP contribution in [0.3, 0.4) is 0 Å². The van der Waals surface area contributed by atoms with Crippen LogP contribution in [-0.4, -0.2) is 41.3 Å². The van der Waals surface area contributed by atoms with E-state index >= 15 is 0 Å². The second-order valence-electron chi connectivity index (χ2n) is 5.25. The lowest BCUT2D eigenvalue weighted by Crippen LogP contribution is -2.40. The van der Waals surface area contributed by atoms with Crippen molar-refractivity contribution in [2.45, 2.75) is 32.9 Å². The molecule has 0 aromatic carbocycles. The molecule has 1 amide bonds. The van der Waals surface area contributed by atoms with Crippen molar-refractivity contribution < 1.29 is 9.53 Å². The molecule has 0 saturated carbocycles. The summed E-state index contributed by atoms with van der Waals surface area (Å²) >= 11 is 0. The zero-order chi connectivity index (χ0) is 13.7. The van der Waals surface area contributed by atoms with Gasteiger partial charge in [0.15, 0.2) is 0 Å². The minimum absolute atomic E-state index is 0. The number of hydrogen-bond donors (Lipinski definition) is 2. The molecule has 2 rings (SSSR count). The Hall–Kier alpha value is -1.11. The molecule has 20 heavy (non-hydrogen) atoms. The van der Waals surface area contributed by atoms with E-state index in [1.165, 1.54) is 0 Å². The summed E-state index contributed by atoms with van der Waals surface area (Å²) in [6, 6.07) is 0. The maximum Gasteiger partial charge on any atom is 0.229 e. The van der Waals surface area contributed by atoms with Gasteiger partial charge in [-0.1, -0.05) is 13.8 Å². The van der Waals surface area contributed by atoms with E-state index in [4.69, 9.17) is 4.74 Å². The molecule has 1 aliphatic heterocycles. The molecule has 114 valence electrons. The summed E-state index contributed by atoms with van der Waals surface area (Å²) in [5, 5.41) is 6.06. The van der Waals surface area contributed by atoms with Crippen LogP contribution in [0.2, 0.25) is 0 Å². The molecule has 0 aliphatic carbocycles. The maximum atomic E-state index is 11.9. The summed E-state index contributed by atoms with van der Waals surface area (Å²) in [4.78, 5) is 16.1. The first-order chi connectivity index (χ1) is 9.15. The van der Waals surface area contributed by atoms with Crippen LogP contribution in [0.25, 0.3) is 0 Å². The summed E-state index contributed by atoms with van der Waals surface area (Å²) in [5.41, 5.74) is 0. The third-order valence-electron chi connectivity index (χ3n) is 2.95. The molecule has 2 N–H and O–H groups in total. The van der Waals surface area contributed by atoms with E-state index in [0.717, 1.165) is 19.6 Å². The number of imidazole rings is 1. The Morgan fingerprint density at radius 3 is 3.10 bits per heavy atom. The third kappa shape index (κ3) is 5.11. The number of morpholine rings is 1. The Kier molecular flexibility index (Phi) is 6.98. The average molecular weight is 303 g/mol. The molecule has 1 aromatic rings. The van der Waals surface area contributed by atoms with Crippen LogP contribution >= 0.6 is 12.4 Å². The summed E-state index contributed by atoms with van der Waals surface area (Å²) in [6.07, 6.45) is 3.91. The number of carbonyl (C=O) groups excluding carboxylic acids is 1. The van der Waals surface area contributed by atoms with Crippen molar-refractivity contribution in [1.82, 2.24) is 14.9 Å². The highest BCUT2D eigenvalue weighted by Gasteiger charge is 2.18. The van der Waals surface area contributed by atoms with E-state index in [-0.39, 0.29) is 24.4 Å². The molecule has 1 aliphatic rings. The smallest absolute Gasteiger partial charge is 0.229 e. The second-order valence-corrected chi connectivity index (χ2v) is 5.25. The van der Waals surface area contributed by atoms with E-state index in [9.17, 15) is 4.79 Å². The number of anilines is 1. The van der Waals surface area contributed by atoms with Gasteiger partial charge >= 0.3 is 0 Å². The van der Waals surface area contributed by atoms with Crippen LogP contribution in [0.4, 0.5) is 5.95 Å². The van der Waals surface area contributed by atoms with Crippen LogP contribution < -0.4 is 10.6 Å². The Morgan fingerprint density at radius 2 is 2.45 bits per heavy atom. The minimum atomic E-state index is -0.0510. The van der Waals surface area contributed by atoms with E-state index in [1.807, 2.05) is 10.8 Å². The number of nitrogens with one attached hydrogen (secondary N) is 2. The molecule has 0 radical (unpaired) electrons. The minimum Gasteiger partial charge on any atom is -0.375 e. The van der Waals surface area contributed by atoms with Gasteiger partial charge in [0.05, 0.1) is 19.1 Å². The number of ether oxygens (including phenoxy) is 1. The average Bonchev–Trinajstić information content (AvgIpc) is 2.77. The Balaban J connectivity index is 0.00000200. The largest absolute Gasteiger partial charge is 0.375 e. The SMILES string of the molecule is CC(C)Cn1ccnc1NC(=O)CC1CNCCO1.Cl. The second kappa shape index (κ2) is 8.24. The molecule has 0 spiro atoms. The van der Waals surface area contributed by atoms with Gasteiger partial charge in [0, 0.05) is 32.0 Å². The fourth-order valence-electron chi connectivity index (χ4n) is 2.11. The van der Waals surface area contributed by atoms with Gasteiger partial charge in [-0.2, -0.15) is 0 Å². The lowest BCUT2D eigenvalue weighted by molar-refractivity contribution is -0.119. The topological polar surface area (TPSA) is 68.2 Å². The van der Waals surface area contributed by atoms with Crippen LogP contribution in [0.1, 0.15) is 20.3 Å². The Morgan fingerprint density at radius 1 is 1.65 bits per heavy atom. The number of amides is 1. The van der Waals surface area contributed by atoms with Crippen molar-refractivity contribution in [2.75, 3.05) is 25.0 Å². The van der Waals surface area contributed by atoms with Gasteiger partial charge in [-0.3, -0.25) is 10.1 Å². The Bertz CT molecular complexity index is 416. The van der Waals surface area contributed by atoms with E-state index in [0.29, 0.717) is 24.9 Å². The van der Waals surface area contributed by atoms with Gasteiger partial charge in [-0.25, -0.2) is 4.98 Å². The van der Waals surface area contributed by atoms with Crippen molar-refractivity contribution in [2.24, 2.45) is 5.92 Å². The highest BCUT2D eigenvalue weighted by molar-refractivity contribution is 5.89. The Labute approximate surface area is 125 Å². The van der Waals surface area contributed by atoms with Gasteiger partial charge in [0.25, 0.3) is 0 Å². The molecule has 1 atom stereocenters.